The molecule has 14 heteroatoms. The van der Waals surface area contributed by atoms with Gasteiger partial charge in [0.2, 0.25) is 5.28 Å². The summed E-state index contributed by atoms with van der Waals surface area (Å²) in [5, 5.41) is 14.8. The van der Waals surface area contributed by atoms with E-state index in [9.17, 15) is 19.1 Å². The van der Waals surface area contributed by atoms with Crippen LogP contribution in [-0.2, 0) is 18.4 Å². The molecule has 182 valence electrons. The fraction of sp³-hybridized carbons (Fsp3) is 0.579. The Balaban J connectivity index is 1.47. The average Bonchev–Trinajstić information content (AvgIpc) is 3.33. The van der Waals surface area contributed by atoms with Gasteiger partial charge in [0, 0.05) is 17.8 Å². The van der Waals surface area contributed by atoms with Crippen molar-refractivity contribution in [1.29, 1.82) is 0 Å². The molecule has 2 aromatic rings. The van der Waals surface area contributed by atoms with Crippen LogP contribution in [0, 0.1) is 0 Å². The van der Waals surface area contributed by atoms with E-state index in [1.165, 1.54) is 12.8 Å². The van der Waals surface area contributed by atoms with Gasteiger partial charge < -0.3 is 34.4 Å². The summed E-state index contributed by atoms with van der Waals surface area (Å²) in [7, 11) is -9.22. The summed E-state index contributed by atoms with van der Waals surface area (Å²) in [5.74, 6) is -0.618. The highest BCUT2D eigenvalue weighted by Crippen LogP contribution is 2.55. The molecule has 4 atom stereocenters. The first-order valence-corrected chi connectivity index (χ1v) is 14.5. The number of benzene rings is 1. The maximum Gasteiger partial charge on any atom is 0.340 e. The Hall–Kier alpha value is -1.13. The van der Waals surface area contributed by atoms with E-state index in [0.29, 0.717) is 22.9 Å². The van der Waals surface area contributed by atoms with Crippen LogP contribution in [0.25, 0.3) is 10.9 Å². The minimum atomic E-state index is -4.72. The molecule has 0 spiro atoms. The third kappa shape index (κ3) is 6.51. The zero-order valence-corrected chi connectivity index (χ0v) is 20.1. The van der Waals surface area contributed by atoms with Gasteiger partial charge in [0.1, 0.15) is 11.9 Å². The highest BCUT2D eigenvalue weighted by Gasteiger charge is 2.38. The summed E-state index contributed by atoms with van der Waals surface area (Å²) in [6, 6.07) is 5.72. The second kappa shape index (κ2) is 9.85. The number of fused-ring (bicyclic) bond motifs is 1. The summed E-state index contributed by atoms with van der Waals surface area (Å²) in [4.78, 5) is 36.0. The molecule has 11 nitrogen and oxygen atoms in total. The summed E-state index contributed by atoms with van der Waals surface area (Å²) in [6.07, 6.45) is 2.23. The van der Waals surface area contributed by atoms with Crippen molar-refractivity contribution in [3.05, 3.63) is 29.0 Å². The zero-order valence-electron chi connectivity index (χ0n) is 17.6. The maximum atomic E-state index is 11.8. The Morgan fingerprint density at radius 2 is 1.91 bits per heavy atom. The molecular formula is C19H26ClN3O8P2. The molecule has 2 fully saturated rings. The van der Waals surface area contributed by atoms with Crippen molar-refractivity contribution in [3.63, 3.8) is 0 Å². The van der Waals surface area contributed by atoms with Crippen molar-refractivity contribution in [2.45, 2.75) is 56.5 Å². The molecule has 1 saturated carbocycles. The molecule has 1 aliphatic carbocycles. The first-order valence-electron chi connectivity index (χ1n) is 10.6. The number of ether oxygens (including phenoxy) is 1. The standard InChI is InChI=1S/C19H26ClN3O8P2/c20-19-22-15-7-11(5-6-14(15)18(23-19)21-12-3-1-2-4-12)17-16(24)8-13(31-17)9-30-33(28,29)10-32(25,26)27/h5-7,12-13,16-17,24H,1-4,8-10H2,(H,28,29)(H,21,22,23)(H2,25,26,27)/t13-,16+,17-/m0/s1. The van der Waals surface area contributed by atoms with E-state index in [2.05, 4.69) is 15.3 Å². The highest BCUT2D eigenvalue weighted by molar-refractivity contribution is 7.70. The number of hydrogen-bond acceptors (Lipinski definition) is 8. The molecule has 1 unspecified atom stereocenters. The third-order valence-electron chi connectivity index (χ3n) is 5.74. The zero-order chi connectivity index (χ0) is 23.8. The van der Waals surface area contributed by atoms with Gasteiger partial charge in [-0.05, 0) is 42.1 Å². The maximum absolute atomic E-state index is 11.8. The number of nitrogens with one attached hydrogen (secondary N) is 1. The number of aliphatic hydroxyl groups excluding tert-OH is 1. The van der Waals surface area contributed by atoms with Crippen LogP contribution in [0.5, 0.6) is 0 Å². The third-order valence-corrected chi connectivity index (χ3v) is 9.36. The van der Waals surface area contributed by atoms with E-state index in [4.69, 9.17) is 30.6 Å². The molecule has 1 aliphatic heterocycles. The van der Waals surface area contributed by atoms with Crippen LogP contribution in [0.3, 0.4) is 0 Å². The Kier molecular flexibility index (Phi) is 7.46. The first kappa shape index (κ1) is 25.0. The summed E-state index contributed by atoms with van der Waals surface area (Å²) < 4.78 is 33.4. The number of aliphatic hydroxyl groups is 1. The summed E-state index contributed by atoms with van der Waals surface area (Å²) >= 11 is 6.14. The Labute approximate surface area is 195 Å². The SMILES string of the molecule is O=P(O)(O)CP(=O)(O)OC[C@@H]1C[C@@H](O)[C@H](c2ccc3c(NC4CCCC4)nc(Cl)nc3c2)O1. The molecule has 5 N–H and O–H groups in total. The lowest BCUT2D eigenvalue weighted by Gasteiger charge is -2.18. The van der Waals surface area contributed by atoms with Gasteiger partial charge in [-0.1, -0.05) is 18.9 Å². The largest absolute Gasteiger partial charge is 0.390 e. The Bertz CT molecular complexity index is 1110. The van der Waals surface area contributed by atoms with Gasteiger partial charge >= 0.3 is 15.2 Å². The first-order chi connectivity index (χ1) is 15.5. The number of aromatic nitrogens is 2. The van der Waals surface area contributed by atoms with Crippen molar-refractivity contribution >= 4 is 43.5 Å². The summed E-state index contributed by atoms with van der Waals surface area (Å²) in [6.45, 7) is -0.391. The number of nitrogens with zero attached hydrogens (tertiary/aromatic N) is 2. The second-order valence-electron chi connectivity index (χ2n) is 8.46. The van der Waals surface area contributed by atoms with Crippen LogP contribution in [0.15, 0.2) is 18.2 Å². The van der Waals surface area contributed by atoms with Crippen molar-refractivity contribution in [3.8, 4) is 0 Å². The quantitative estimate of drug-likeness (QED) is 0.255. The van der Waals surface area contributed by atoms with E-state index in [0.717, 1.165) is 18.2 Å². The van der Waals surface area contributed by atoms with E-state index < -0.39 is 46.0 Å². The fourth-order valence-corrected chi connectivity index (χ4v) is 7.06. The van der Waals surface area contributed by atoms with Crippen LogP contribution in [0.4, 0.5) is 5.82 Å². The molecule has 0 amide bonds. The van der Waals surface area contributed by atoms with Gasteiger partial charge in [0.15, 0.2) is 5.90 Å². The van der Waals surface area contributed by atoms with E-state index in [-0.39, 0.29) is 11.7 Å². The number of hydrogen-bond donors (Lipinski definition) is 5. The lowest BCUT2D eigenvalue weighted by molar-refractivity contribution is -0.00786. The highest BCUT2D eigenvalue weighted by atomic mass is 35.5. The lowest BCUT2D eigenvalue weighted by Crippen LogP contribution is -2.16. The molecule has 1 aromatic heterocycles. The molecule has 1 saturated heterocycles. The molecule has 0 bridgehead atoms. The van der Waals surface area contributed by atoms with Gasteiger partial charge in [-0.3, -0.25) is 9.13 Å². The molecule has 0 radical (unpaired) electrons. The molecule has 4 rings (SSSR count). The monoisotopic (exact) mass is 521 g/mol. The predicted octanol–water partition coefficient (Wildman–Crippen LogP) is 3.17. The van der Waals surface area contributed by atoms with Crippen molar-refractivity contribution in [1.82, 2.24) is 9.97 Å². The van der Waals surface area contributed by atoms with E-state index in [1.807, 2.05) is 6.07 Å². The van der Waals surface area contributed by atoms with Gasteiger partial charge in [0.05, 0.1) is 24.3 Å². The smallest absolute Gasteiger partial charge is 0.340 e. The number of anilines is 1. The van der Waals surface area contributed by atoms with Crippen LogP contribution in [-0.4, -0.2) is 60.5 Å². The van der Waals surface area contributed by atoms with Crippen LogP contribution >= 0.6 is 26.8 Å². The van der Waals surface area contributed by atoms with E-state index in [1.54, 1.807) is 12.1 Å². The minimum absolute atomic E-state index is 0.100. The van der Waals surface area contributed by atoms with Gasteiger partial charge in [0.25, 0.3) is 0 Å². The minimum Gasteiger partial charge on any atom is -0.390 e. The number of rotatable bonds is 8. The van der Waals surface area contributed by atoms with Gasteiger partial charge in [-0.25, -0.2) is 9.97 Å². The molecule has 1 aromatic carbocycles. The van der Waals surface area contributed by atoms with Crippen LogP contribution in [0.1, 0.15) is 43.8 Å². The van der Waals surface area contributed by atoms with Crippen LogP contribution in [0.2, 0.25) is 5.28 Å². The van der Waals surface area contributed by atoms with Crippen molar-refractivity contribution < 1.29 is 38.2 Å². The van der Waals surface area contributed by atoms with Crippen molar-refractivity contribution in [2.75, 3.05) is 17.8 Å². The van der Waals surface area contributed by atoms with Gasteiger partial charge in [-0.15, -0.1) is 0 Å². The van der Waals surface area contributed by atoms with Gasteiger partial charge in [-0.2, -0.15) is 0 Å². The summed E-state index contributed by atoms with van der Waals surface area (Å²) in [5.41, 5.74) is 1.23. The predicted molar refractivity (Wildman–Crippen MR) is 121 cm³/mol. The average molecular weight is 522 g/mol. The fourth-order valence-electron chi connectivity index (χ4n) is 4.30. The van der Waals surface area contributed by atoms with Crippen LogP contribution < -0.4 is 5.32 Å². The molecule has 2 aliphatic rings. The second-order valence-corrected chi connectivity index (χ2v) is 12.8. The normalized spacial score (nSPS) is 26.0. The molecule has 33 heavy (non-hydrogen) atoms. The Morgan fingerprint density at radius 1 is 1.18 bits per heavy atom. The van der Waals surface area contributed by atoms with Crippen molar-refractivity contribution in [2.24, 2.45) is 0 Å². The number of halogens is 1. The molecule has 2 heterocycles. The Morgan fingerprint density at radius 3 is 2.61 bits per heavy atom. The topological polar surface area (TPSA) is 171 Å². The lowest BCUT2D eigenvalue weighted by atomic mass is 10.0. The van der Waals surface area contributed by atoms with E-state index >= 15 is 0 Å². The molecular weight excluding hydrogens is 496 g/mol.